The predicted molar refractivity (Wildman–Crippen MR) is 65.7 cm³/mol. The average Bonchev–Trinajstić information content (AvgIpc) is 2.60. The van der Waals surface area contributed by atoms with E-state index in [9.17, 15) is 0 Å². The molecule has 1 heterocycles. The fourth-order valence-corrected chi connectivity index (χ4v) is 1.94. The van der Waals surface area contributed by atoms with Gasteiger partial charge in [0.15, 0.2) is 11.5 Å². The Morgan fingerprint density at radius 2 is 2.06 bits per heavy atom. The zero-order chi connectivity index (χ0) is 12.1. The minimum atomic E-state index is 0.206. The zero-order valence-electron chi connectivity index (χ0n) is 10.1. The SMILES string of the molecule is COCC(CN)c1ccc2c(c1)OCCCO2. The molecule has 2 rings (SSSR count). The molecule has 0 spiro atoms. The highest BCUT2D eigenvalue weighted by molar-refractivity contribution is 5.44. The third kappa shape index (κ3) is 2.90. The number of benzene rings is 1. The van der Waals surface area contributed by atoms with Crippen LogP contribution in [0.25, 0.3) is 0 Å². The summed E-state index contributed by atoms with van der Waals surface area (Å²) < 4.78 is 16.4. The lowest BCUT2D eigenvalue weighted by atomic mass is 10.00. The molecule has 1 aliphatic heterocycles. The molecule has 1 aromatic rings. The molecule has 1 aromatic carbocycles. The molecule has 17 heavy (non-hydrogen) atoms. The van der Waals surface area contributed by atoms with Gasteiger partial charge >= 0.3 is 0 Å². The van der Waals surface area contributed by atoms with Crippen molar-refractivity contribution in [2.75, 3.05) is 33.5 Å². The highest BCUT2D eigenvalue weighted by Crippen LogP contribution is 2.32. The molecular formula is C13H19NO3. The summed E-state index contributed by atoms with van der Waals surface area (Å²) in [5.74, 6) is 1.84. The second kappa shape index (κ2) is 5.89. The Morgan fingerprint density at radius 3 is 2.76 bits per heavy atom. The predicted octanol–water partition coefficient (Wildman–Crippen LogP) is 1.54. The third-order valence-electron chi connectivity index (χ3n) is 2.90. The number of fused-ring (bicyclic) bond motifs is 1. The first-order valence-electron chi connectivity index (χ1n) is 5.93. The number of ether oxygens (including phenoxy) is 3. The van der Waals surface area contributed by atoms with Crippen molar-refractivity contribution >= 4 is 0 Å². The maximum Gasteiger partial charge on any atom is 0.161 e. The molecule has 0 aliphatic carbocycles. The van der Waals surface area contributed by atoms with Crippen LogP contribution in [-0.4, -0.2) is 33.5 Å². The normalized spacial score (nSPS) is 16.4. The summed E-state index contributed by atoms with van der Waals surface area (Å²) in [6, 6.07) is 6.00. The molecule has 0 bridgehead atoms. The van der Waals surface area contributed by atoms with E-state index in [0.29, 0.717) is 26.4 Å². The second-order valence-electron chi connectivity index (χ2n) is 4.14. The Bertz CT molecular complexity index is 368. The van der Waals surface area contributed by atoms with E-state index in [0.717, 1.165) is 23.5 Å². The summed E-state index contributed by atoms with van der Waals surface area (Å²) in [4.78, 5) is 0. The summed E-state index contributed by atoms with van der Waals surface area (Å²) in [6.45, 7) is 2.60. The van der Waals surface area contributed by atoms with Crippen LogP contribution in [0.15, 0.2) is 18.2 Å². The maximum absolute atomic E-state index is 5.75. The largest absolute Gasteiger partial charge is 0.490 e. The lowest BCUT2D eigenvalue weighted by molar-refractivity contribution is 0.181. The van der Waals surface area contributed by atoms with E-state index in [1.165, 1.54) is 0 Å². The van der Waals surface area contributed by atoms with Gasteiger partial charge in [-0.3, -0.25) is 0 Å². The molecule has 0 saturated carbocycles. The third-order valence-corrected chi connectivity index (χ3v) is 2.90. The number of hydrogen-bond donors (Lipinski definition) is 1. The van der Waals surface area contributed by atoms with Gasteiger partial charge in [-0.05, 0) is 17.7 Å². The molecule has 4 nitrogen and oxygen atoms in total. The van der Waals surface area contributed by atoms with Crippen LogP contribution in [0.5, 0.6) is 11.5 Å². The van der Waals surface area contributed by atoms with E-state index in [4.69, 9.17) is 19.9 Å². The maximum atomic E-state index is 5.75. The molecule has 0 saturated heterocycles. The van der Waals surface area contributed by atoms with E-state index < -0.39 is 0 Å². The van der Waals surface area contributed by atoms with Crippen LogP contribution in [-0.2, 0) is 4.74 Å². The van der Waals surface area contributed by atoms with Gasteiger partial charge in [0.05, 0.1) is 19.8 Å². The highest BCUT2D eigenvalue weighted by atomic mass is 16.5. The van der Waals surface area contributed by atoms with Crippen LogP contribution < -0.4 is 15.2 Å². The van der Waals surface area contributed by atoms with E-state index in [2.05, 4.69) is 0 Å². The van der Waals surface area contributed by atoms with Gasteiger partial charge in [0.25, 0.3) is 0 Å². The van der Waals surface area contributed by atoms with Crippen LogP contribution in [0.2, 0.25) is 0 Å². The smallest absolute Gasteiger partial charge is 0.161 e. The minimum Gasteiger partial charge on any atom is -0.490 e. The Balaban J connectivity index is 2.21. The van der Waals surface area contributed by atoms with Crippen molar-refractivity contribution in [1.29, 1.82) is 0 Å². The standard InChI is InChI=1S/C13H19NO3/c1-15-9-11(8-14)10-3-4-12-13(7-10)17-6-2-5-16-12/h3-4,7,11H,2,5-6,8-9,14H2,1H3. The van der Waals surface area contributed by atoms with Gasteiger partial charge in [0.2, 0.25) is 0 Å². The minimum absolute atomic E-state index is 0.206. The van der Waals surface area contributed by atoms with Crippen LogP contribution in [0.1, 0.15) is 17.9 Å². The lowest BCUT2D eigenvalue weighted by Gasteiger charge is -2.16. The Labute approximate surface area is 102 Å². The fraction of sp³-hybridized carbons (Fsp3) is 0.538. The number of hydrogen-bond acceptors (Lipinski definition) is 4. The molecule has 0 fully saturated rings. The quantitative estimate of drug-likeness (QED) is 0.863. The van der Waals surface area contributed by atoms with Crippen LogP contribution >= 0.6 is 0 Å². The van der Waals surface area contributed by atoms with Gasteiger partial charge in [-0.15, -0.1) is 0 Å². The Morgan fingerprint density at radius 1 is 1.29 bits per heavy atom. The van der Waals surface area contributed by atoms with Crippen molar-refractivity contribution in [3.05, 3.63) is 23.8 Å². The summed E-state index contributed by atoms with van der Waals surface area (Å²) in [7, 11) is 1.69. The topological polar surface area (TPSA) is 53.7 Å². The Hall–Kier alpha value is -1.26. The van der Waals surface area contributed by atoms with E-state index in [-0.39, 0.29) is 5.92 Å². The monoisotopic (exact) mass is 237 g/mol. The Kier molecular flexibility index (Phi) is 4.23. The lowest BCUT2D eigenvalue weighted by Crippen LogP contribution is -2.17. The first-order chi connectivity index (χ1) is 8.35. The van der Waals surface area contributed by atoms with Crippen molar-refractivity contribution in [2.45, 2.75) is 12.3 Å². The summed E-state index contributed by atoms with van der Waals surface area (Å²) in [5.41, 5.74) is 6.88. The van der Waals surface area contributed by atoms with Crippen molar-refractivity contribution in [3.63, 3.8) is 0 Å². The van der Waals surface area contributed by atoms with E-state index in [1.807, 2.05) is 18.2 Å². The second-order valence-corrected chi connectivity index (χ2v) is 4.14. The average molecular weight is 237 g/mol. The number of rotatable bonds is 4. The molecule has 1 aliphatic rings. The molecule has 0 radical (unpaired) electrons. The number of methoxy groups -OCH3 is 1. The molecular weight excluding hydrogens is 218 g/mol. The van der Waals surface area contributed by atoms with Gasteiger partial charge in [0.1, 0.15) is 0 Å². The molecule has 1 unspecified atom stereocenters. The summed E-state index contributed by atoms with van der Waals surface area (Å²) >= 11 is 0. The van der Waals surface area contributed by atoms with Crippen LogP contribution in [0, 0.1) is 0 Å². The van der Waals surface area contributed by atoms with Crippen molar-refractivity contribution in [1.82, 2.24) is 0 Å². The summed E-state index contributed by atoms with van der Waals surface area (Å²) in [6.07, 6.45) is 0.919. The van der Waals surface area contributed by atoms with E-state index in [1.54, 1.807) is 7.11 Å². The van der Waals surface area contributed by atoms with Crippen LogP contribution in [0.3, 0.4) is 0 Å². The van der Waals surface area contributed by atoms with Crippen LogP contribution in [0.4, 0.5) is 0 Å². The van der Waals surface area contributed by atoms with Gasteiger partial charge in [-0.1, -0.05) is 6.07 Å². The van der Waals surface area contributed by atoms with Crippen molar-refractivity contribution in [3.8, 4) is 11.5 Å². The van der Waals surface area contributed by atoms with E-state index >= 15 is 0 Å². The summed E-state index contributed by atoms with van der Waals surface area (Å²) in [5, 5.41) is 0. The molecule has 2 N–H and O–H groups in total. The molecule has 94 valence electrons. The van der Waals surface area contributed by atoms with Gasteiger partial charge in [0, 0.05) is 26.0 Å². The molecule has 0 amide bonds. The molecule has 0 aromatic heterocycles. The fourth-order valence-electron chi connectivity index (χ4n) is 1.94. The van der Waals surface area contributed by atoms with Gasteiger partial charge in [-0.2, -0.15) is 0 Å². The molecule has 1 atom stereocenters. The number of nitrogens with two attached hydrogens (primary N) is 1. The zero-order valence-corrected chi connectivity index (χ0v) is 10.1. The van der Waals surface area contributed by atoms with Gasteiger partial charge in [-0.25, -0.2) is 0 Å². The van der Waals surface area contributed by atoms with Gasteiger partial charge < -0.3 is 19.9 Å². The first kappa shape index (κ1) is 12.2. The van der Waals surface area contributed by atoms with Crippen molar-refractivity contribution < 1.29 is 14.2 Å². The first-order valence-corrected chi connectivity index (χ1v) is 5.93. The highest BCUT2D eigenvalue weighted by Gasteiger charge is 2.15. The van der Waals surface area contributed by atoms with Crippen molar-refractivity contribution in [2.24, 2.45) is 5.73 Å². The molecule has 4 heteroatoms.